The molecule has 1 nitrogen and oxygen atoms in total. The number of para-hydroxylation sites is 1. The third kappa shape index (κ3) is 5.36. The predicted octanol–water partition coefficient (Wildman–Crippen LogP) is 7.93. The van der Waals surface area contributed by atoms with E-state index in [2.05, 4.69) is 78.9 Å². The Morgan fingerprint density at radius 3 is 1.33 bits per heavy atom. The normalized spacial score (nSPS) is 11.9. The molecule has 0 aromatic heterocycles. The monoisotopic (exact) mass is 388 g/mol. The molecule has 0 saturated heterocycles. The van der Waals surface area contributed by atoms with Crippen molar-refractivity contribution in [2.75, 3.05) is 0 Å². The minimum absolute atomic E-state index is 0.910. The smallest absolute Gasteiger partial charge is 0.126 e. The van der Waals surface area contributed by atoms with E-state index in [1.54, 1.807) is 0 Å². The van der Waals surface area contributed by atoms with Gasteiger partial charge in [-0.05, 0) is 40.5 Å². The first kappa shape index (κ1) is 19.5. The van der Waals surface area contributed by atoms with Gasteiger partial charge in [-0.3, -0.25) is 0 Å². The summed E-state index contributed by atoms with van der Waals surface area (Å²) >= 11 is 0. The third-order valence-corrected chi connectivity index (χ3v) is 4.83. The molecule has 0 aliphatic heterocycles. The van der Waals surface area contributed by atoms with Gasteiger partial charge in [-0.2, -0.15) is 0 Å². The molecule has 4 aromatic carbocycles. The summed E-state index contributed by atoms with van der Waals surface area (Å²) in [5.41, 5.74) is 5.04. The lowest BCUT2D eigenvalue weighted by Crippen LogP contribution is -1.90. The topological polar surface area (TPSA) is 9.23 Å². The Balaban J connectivity index is 0.000000158. The molecule has 146 valence electrons. The van der Waals surface area contributed by atoms with Crippen LogP contribution in [0.1, 0.15) is 6.42 Å². The molecule has 1 heteroatoms. The van der Waals surface area contributed by atoms with E-state index in [9.17, 15) is 0 Å². The van der Waals surface area contributed by atoms with Gasteiger partial charge in [0.15, 0.2) is 0 Å². The molecule has 30 heavy (non-hydrogen) atoms. The lowest BCUT2D eigenvalue weighted by Gasteiger charge is -2.04. The van der Waals surface area contributed by atoms with Crippen molar-refractivity contribution in [3.63, 3.8) is 0 Å². The highest BCUT2D eigenvalue weighted by Crippen LogP contribution is 2.24. The van der Waals surface area contributed by atoms with Gasteiger partial charge < -0.3 is 4.74 Å². The van der Waals surface area contributed by atoms with Crippen LogP contribution in [0, 0.1) is 0 Å². The molecule has 0 spiro atoms. The third-order valence-electron chi connectivity index (χ3n) is 4.83. The van der Waals surface area contributed by atoms with Crippen LogP contribution in [0.2, 0.25) is 0 Å². The minimum atomic E-state index is 0.910. The van der Waals surface area contributed by atoms with Crippen LogP contribution in [0.3, 0.4) is 0 Å². The summed E-state index contributed by atoms with van der Waals surface area (Å²) in [6.07, 6.45) is 7.00. The Morgan fingerprint density at radius 1 is 0.467 bits per heavy atom. The Bertz CT molecular complexity index is 1030. The quantitative estimate of drug-likeness (QED) is 0.345. The van der Waals surface area contributed by atoms with Crippen molar-refractivity contribution < 1.29 is 4.74 Å². The molecule has 5 rings (SSSR count). The summed E-state index contributed by atoms with van der Waals surface area (Å²) in [7, 11) is 0. The van der Waals surface area contributed by atoms with E-state index >= 15 is 0 Å². The highest BCUT2D eigenvalue weighted by molar-refractivity contribution is 5.70. The second-order valence-corrected chi connectivity index (χ2v) is 6.99. The zero-order valence-corrected chi connectivity index (χ0v) is 16.8. The minimum Gasteiger partial charge on any atom is -0.461 e. The van der Waals surface area contributed by atoms with E-state index in [0.29, 0.717) is 0 Å². The molecule has 0 atom stereocenters. The molecule has 0 unspecified atom stereocenters. The van der Waals surface area contributed by atoms with Crippen LogP contribution in [0.4, 0.5) is 0 Å². The van der Waals surface area contributed by atoms with Gasteiger partial charge in [-0.25, -0.2) is 0 Å². The lowest BCUT2D eigenvalue weighted by atomic mass is 10.0. The molecule has 0 saturated carbocycles. The van der Waals surface area contributed by atoms with Crippen molar-refractivity contribution in [3.05, 3.63) is 139 Å². The maximum Gasteiger partial charge on any atom is 0.126 e. The number of rotatable bonds is 4. The van der Waals surface area contributed by atoms with Gasteiger partial charge in [0.25, 0.3) is 0 Å². The Morgan fingerprint density at radius 2 is 0.900 bits per heavy atom. The van der Waals surface area contributed by atoms with Crippen molar-refractivity contribution in [2.45, 2.75) is 6.42 Å². The molecule has 1 aliphatic rings. The van der Waals surface area contributed by atoms with Crippen LogP contribution in [-0.4, -0.2) is 0 Å². The standard InChI is InChI=1S/C18H14.C11H10O/c1-3-7-15(8-4-1)17-11-13-18(14-12-17)16-9-5-2-6-10-16;1-2-6-10(7-3-1)12-11-8-4-5-9-11/h1-14H;1-8H,9H2. The fourth-order valence-electron chi connectivity index (χ4n) is 3.26. The molecule has 0 amide bonds. The largest absolute Gasteiger partial charge is 0.461 e. The summed E-state index contributed by atoms with van der Waals surface area (Å²) in [5, 5.41) is 0. The van der Waals surface area contributed by atoms with E-state index in [-0.39, 0.29) is 0 Å². The van der Waals surface area contributed by atoms with Crippen LogP contribution in [0.25, 0.3) is 22.3 Å². The molecular formula is C29H24O. The molecule has 4 aromatic rings. The Labute approximate surface area is 178 Å². The first-order valence-electron chi connectivity index (χ1n) is 10.2. The number of ether oxygens (including phenoxy) is 1. The summed E-state index contributed by atoms with van der Waals surface area (Å²) < 4.78 is 5.57. The second-order valence-electron chi connectivity index (χ2n) is 6.99. The number of allylic oxidation sites excluding steroid dienone is 3. The molecule has 0 N–H and O–H groups in total. The lowest BCUT2D eigenvalue weighted by molar-refractivity contribution is 0.419. The molecule has 1 aliphatic carbocycles. The Hall–Kier alpha value is -3.84. The summed E-state index contributed by atoms with van der Waals surface area (Å²) in [6.45, 7) is 0. The van der Waals surface area contributed by atoms with Crippen molar-refractivity contribution >= 4 is 0 Å². The van der Waals surface area contributed by atoms with Gasteiger partial charge in [-0.15, -0.1) is 0 Å². The average molecular weight is 389 g/mol. The van der Waals surface area contributed by atoms with Crippen LogP contribution >= 0.6 is 0 Å². The zero-order valence-electron chi connectivity index (χ0n) is 16.8. The fourth-order valence-corrected chi connectivity index (χ4v) is 3.26. The predicted molar refractivity (Wildman–Crippen MR) is 126 cm³/mol. The van der Waals surface area contributed by atoms with E-state index in [4.69, 9.17) is 4.74 Å². The van der Waals surface area contributed by atoms with Gasteiger partial charge in [0.1, 0.15) is 11.5 Å². The van der Waals surface area contributed by atoms with Crippen molar-refractivity contribution in [2.24, 2.45) is 0 Å². The van der Waals surface area contributed by atoms with E-state index in [0.717, 1.165) is 17.9 Å². The molecular weight excluding hydrogens is 364 g/mol. The summed E-state index contributed by atoms with van der Waals surface area (Å²) in [4.78, 5) is 0. The average Bonchev–Trinajstić information content (AvgIpc) is 3.35. The van der Waals surface area contributed by atoms with Crippen molar-refractivity contribution in [3.8, 4) is 28.0 Å². The second kappa shape index (κ2) is 10.1. The van der Waals surface area contributed by atoms with E-state index in [1.165, 1.54) is 22.3 Å². The Kier molecular flexibility index (Phi) is 6.55. The molecule has 0 bridgehead atoms. The van der Waals surface area contributed by atoms with Gasteiger partial charge in [-0.1, -0.05) is 115 Å². The van der Waals surface area contributed by atoms with Crippen LogP contribution in [0.5, 0.6) is 5.75 Å². The van der Waals surface area contributed by atoms with Gasteiger partial charge in [0, 0.05) is 6.42 Å². The molecule has 0 fully saturated rings. The van der Waals surface area contributed by atoms with E-state index in [1.807, 2.05) is 54.6 Å². The fraction of sp³-hybridized carbons (Fsp3) is 0.0345. The van der Waals surface area contributed by atoms with Gasteiger partial charge >= 0.3 is 0 Å². The van der Waals surface area contributed by atoms with Crippen molar-refractivity contribution in [1.29, 1.82) is 0 Å². The first-order valence-corrected chi connectivity index (χ1v) is 10.2. The van der Waals surface area contributed by atoms with E-state index < -0.39 is 0 Å². The highest BCUT2D eigenvalue weighted by Gasteiger charge is 2.01. The maximum atomic E-state index is 5.57. The number of hydrogen-bond acceptors (Lipinski definition) is 1. The zero-order chi connectivity index (χ0) is 20.4. The SMILES string of the molecule is C1=CCC(Oc2ccccc2)=C1.c1ccc(-c2ccc(-c3ccccc3)cc2)cc1. The first-order chi connectivity index (χ1) is 14.9. The molecule has 0 radical (unpaired) electrons. The number of hydrogen-bond donors (Lipinski definition) is 0. The van der Waals surface area contributed by atoms with Gasteiger partial charge in [0.05, 0.1) is 0 Å². The maximum absolute atomic E-state index is 5.57. The summed E-state index contributed by atoms with van der Waals surface area (Å²) in [5.74, 6) is 1.92. The molecule has 0 heterocycles. The van der Waals surface area contributed by atoms with Gasteiger partial charge in [0.2, 0.25) is 0 Å². The number of benzene rings is 4. The van der Waals surface area contributed by atoms with Crippen molar-refractivity contribution in [1.82, 2.24) is 0 Å². The highest BCUT2D eigenvalue weighted by atomic mass is 16.5. The van der Waals surface area contributed by atoms with Crippen LogP contribution in [0.15, 0.2) is 139 Å². The van der Waals surface area contributed by atoms with Crippen LogP contribution < -0.4 is 4.74 Å². The summed E-state index contributed by atoms with van der Waals surface area (Å²) in [6, 6.07) is 39.5. The van der Waals surface area contributed by atoms with Crippen LogP contribution in [-0.2, 0) is 0 Å².